The summed E-state index contributed by atoms with van der Waals surface area (Å²) in [4.78, 5) is 25.2. The highest BCUT2D eigenvalue weighted by Crippen LogP contribution is 2.35. The molecule has 0 saturated carbocycles. The highest BCUT2D eigenvalue weighted by atomic mass is 16.2. The Balaban J connectivity index is 1.26. The molecule has 1 saturated heterocycles. The van der Waals surface area contributed by atoms with Gasteiger partial charge in [0.2, 0.25) is 5.91 Å². The summed E-state index contributed by atoms with van der Waals surface area (Å²) in [6, 6.07) is 10.7. The van der Waals surface area contributed by atoms with E-state index in [1.54, 1.807) is 0 Å². The molecule has 1 amide bonds. The van der Waals surface area contributed by atoms with E-state index in [-0.39, 0.29) is 17.9 Å². The third kappa shape index (κ3) is 3.67. The number of hydrogen-bond acceptors (Lipinski definition) is 3. The molecular weight excluding hydrogens is 434 g/mol. The van der Waals surface area contributed by atoms with Crippen molar-refractivity contribution in [2.45, 2.75) is 52.6 Å². The number of fused-ring (bicyclic) bond motifs is 4. The van der Waals surface area contributed by atoms with Crippen LogP contribution in [0, 0.1) is 11.8 Å². The maximum atomic E-state index is 13.7. The number of amides is 1. The van der Waals surface area contributed by atoms with Crippen molar-refractivity contribution >= 4 is 33.9 Å². The molecule has 3 atom stereocenters. The van der Waals surface area contributed by atoms with Gasteiger partial charge in [0.15, 0.2) is 0 Å². The first-order valence-corrected chi connectivity index (χ1v) is 12.9. The number of allylic oxidation sites excluding steroid dienone is 1. The highest BCUT2D eigenvalue weighted by Gasteiger charge is 2.33. The number of rotatable bonds is 5. The Morgan fingerprint density at radius 2 is 2.09 bits per heavy atom. The first-order valence-electron chi connectivity index (χ1n) is 12.9. The molecule has 4 heterocycles. The lowest BCUT2D eigenvalue weighted by Crippen LogP contribution is -2.46. The number of aryl methyl sites for hydroxylation is 1. The molecular formula is C29H33N5O. The smallest absolute Gasteiger partial charge is 0.227 e. The van der Waals surface area contributed by atoms with E-state index in [2.05, 4.69) is 76.3 Å². The second kappa shape index (κ2) is 8.67. The van der Waals surface area contributed by atoms with Crippen LogP contribution in [0.2, 0.25) is 0 Å². The summed E-state index contributed by atoms with van der Waals surface area (Å²) < 4.78 is 4.66. The molecule has 6 nitrogen and oxygen atoms in total. The molecule has 0 radical (unpaired) electrons. The molecule has 6 rings (SSSR count). The lowest BCUT2D eigenvalue weighted by Gasteiger charge is -2.39. The van der Waals surface area contributed by atoms with Gasteiger partial charge in [-0.05, 0) is 30.5 Å². The molecule has 1 fully saturated rings. The number of carbonyl (C=O) groups is 1. The Morgan fingerprint density at radius 1 is 1.23 bits per heavy atom. The maximum Gasteiger partial charge on any atom is 0.227 e. The number of pyridine rings is 1. The quantitative estimate of drug-likeness (QED) is 0.402. The van der Waals surface area contributed by atoms with Gasteiger partial charge >= 0.3 is 0 Å². The van der Waals surface area contributed by atoms with Crippen LogP contribution < -0.4 is 0 Å². The lowest BCUT2D eigenvalue weighted by molar-refractivity contribution is -0.137. The number of likely N-dealkylation sites (tertiary alicyclic amines) is 1. The predicted octanol–water partition coefficient (Wildman–Crippen LogP) is 5.26. The Hall–Kier alpha value is -3.41. The molecule has 1 aliphatic carbocycles. The fourth-order valence-corrected chi connectivity index (χ4v) is 5.99. The van der Waals surface area contributed by atoms with Crippen molar-refractivity contribution in [2.24, 2.45) is 11.8 Å². The molecule has 1 unspecified atom stereocenters. The van der Waals surface area contributed by atoms with Gasteiger partial charge in [-0.3, -0.25) is 9.78 Å². The number of para-hydroxylation sites is 2. The van der Waals surface area contributed by atoms with Crippen molar-refractivity contribution in [1.82, 2.24) is 24.0 Å². The van der Waals surface area contributed by atoms with E-state index in [1.165, 1.54) is 16.5 Å². The number of imidazole rings is 1. The molecule has 4 aromatic rings. The van der Waals surface area contributed by atoms with Gasteiger partial charge in [0.05, 0.1) is 34.2 Å². The Morgan fingerprint density at radius 3 is 2.94 bits per heavy atom. The fourth-order valence-electron chi connectivity index (χ4n) is 5.99. The van der Waals surface area contributed by atoms with Gasteiger partial charge in [0, 0.05) is 55.8 Å². The van der Waals surface area contributed by atoms with Gasteiger partial charge in [-0.15, -0.1) is 0 Å². The summed E-state index contributed by atoms with van der Waals surface area (Å²) in [5.41, 5.74) is 5.78. The van der Waals surface area contributed by atoms with Gasteiger partial charge < -0.3 is 14.0 Å². The van der Waals surface area contributed by atoms with E-state index in [9.17, 15) is 4.79 Å². The number of benzene rings is 1. The molecule has 6 heteroatoms. The van der Waals surface area contributed by atoms with Crippen molar-refractivity contribution in [2.75, 3.05) is 13.1 Å². The van der Waals surface area contributed by atoms with E-state index in [0.29, 0.717) is 12.5 Å². The summed E-state index contributed by atoms with van der Waals surface area (Å²) in [7, 11) is 0. The van der Waals surface area contributed by atoms with Gasteiger partial charge in [-0.2, -0.15) is 0 Å². The summed E-state index contributed by atoms with van der Waals surface area (Å²) in [5.74, 6) is 1.68. The topological polar surface area (TPSA) is 56.0 Å². The van der Waals surface area contributed by atoms with Crippen LogP contribution in [0.25, 0.3) is 28.0 Å². The number of aromatic nitrogens is 4. The van der Waals surface area contributed by atoms with Crippen molar-refractivity contribution in [3.63, 3.8) is 0 Å². The molecule has 0 N–H and O–H groups in total. The summed E-state index contributed by atoms with van der Waals surface area (Å²) in [6.45, 7) is 8.76. The first kappa shape index (κ1) is 22.1. The second-order valence-electron chi connectivity index (χ2n) is 10.3. The second-order valence-corrected chi connectivity index (χ2v) is 10.3. The normalized spacial score (nSPS) is 20.6. The van der Waals surface area contributed by atoms with Crippen LogP contribution >= 0.6 is 0 Å². The van der Waals surface area contributed by atoms with E-state index < -0.39 is 0 Å². The molecule has 1 aliphatic heterocycles. The monoisotopic (exact) mass is 467 g/mol. The van der Waals surface area contributed by atoms with Crippen LogP contribution in [0.1, 0.15) is 50.3 Å². The van der Waals surface area contributed by atoms with Crippen LogP contribution in [0.5, 0.6) is 0 Å². The number of nitrogens with zero attached hydrogens (tertiary/aromatic N) is 5. The standard InChI is InChI=1S/C29H33N5O/c1-4-27-31-24-9-5-6-11-25(24)34(27)17-20(3)29(35)32-14-12-19(2)26(18-32)33-15-13-21-16-30-23-10-7-8-22(23)28(21)33/h5-9,11,13,15-16,19-20,26H,4,10,12,14,17-18H2,1-3H3/t19-,20?,26+/m1/s1. The van der Waals surface area contributed by atoms with E-state index in [0.717, 1.165) is 54.9 Å². The minimum Gasteiger partial charge on any atom is -0.342 e. The minimum atomic E-state index is -0.107. The number of carbonyl (C=O) groups excluding carboxylic acids is 1. The lowest BCUT2D eigenvalue weighted by atomic mass is 9.92. The average Bonchev–Trinajstić information content (AvgIpc) is 3.60. The number of hydrogen-bond donors (Lipinski definition) is 0. The van der Waals surface area contributed by atoms with Gasteiger partial charge in [0.25, 0.3) is 0 Å². The molecule has 180 valence electrons. The van der Waals surface area contributed by atoms with Crippen molar-refractivity contribution in [3.05, 3.63) is 65.9 Å². The van der Waals surface area contributed by atoms with E-state index in [1.807, 2.05) is 18.3 Å². The zero-order valence-corrected chi connectivity index (χ0v) is 20.8. The van der Waals surface area contributed by atoms with Crippen LogP contribution in [-0.4, -0.2) is 43.0 Å². The molecule has 0 bridgehead atoms. The summed E-state index contributed by atoms with van der Waals surface area (Å²) >= 11 is 0. The minimum absolute atomic E-state index is 0.107. The van der Waals surface area contributed by atoms with Crippen LogP contribution in [-0.2, 0) is 24.2 Å². The third-order valence-electron chi connectivity index (χ3n) is 7.98. The summed E-state index contributed by atoms with van der Waals surface area (Å²) in [6.07, 6.45) is 11.4. The Bertz CT molecular complexity index is 1440. The predicted molar refractivity (Wildman–Crippen MR) is 140 cm³/mol. The Labute approximate surface area is 206 Å². The summed E-state index contributed by atoms with van der Waals surface area (Å²) in [5, 5.41) is 1.18. The zero-order valence-electron chi connectivity index (χ0n) is 20.8. The van der Waals surface area contributed by atoms with Crippen LogP contribution in [0.3, 0.4) is 0 Å². The van der Waals surface area contributed by atoms with E-state index >= 15 is 0 Å². The molecule has 35 heavy (non-hydrogen) atoms. The average molecular weight is 468 g/mol. The molecule has 1 aromatic carbocycles. The Kier molecular flexibility index (Phi) is 5.47. The highest BCUT2D eigenvalue weighted by molar-refractivity contribution is 5.90. The van der Waals surface area contributed by atoms with Crippen molar-refractivity contribution < 1.29 is 4.79 Å². The SMILES string of the molecule is CCc1nc2ccccc2n1CC(C)C(=O)N1CC[C@@H](C)[C@@H](n2ccc3cnc4c(c32)C=CC4)C1. The molecule has 2 aliphatic rings. The van der Waals surface area contributed by atoms with Gasteiger partial charge in [-0.25, -0.2) is 4.98 Å². The third-order valence-corrected chi connectivity index (χ3v) is 7.98. The fraction of sp³-hybridized carbons (Fsp3) is 0.414. The largest absolute Gasteiger partial charge is 0.342 e. The van der Waals surface area contributed by atoms with Gasteiger partial charge in [0.1, 0.15) is 5.82 Å². The molecule has 0 spiro atoms. The van der Waals surface area contributed by atoms with Crippen molar-refractivity contribution in [3.8, 4) is 0 Å². The van der Waals surface area contributed by atoms with Gasteiger partial charge in [-0.1, -0.05) is 45.1 Å². The zero-order chi connectivity index (χ0) is 24.1. The van der Waals surface area contributed by atoms with Crippen LogP contribution in [0.4, 0.5) is 0 Å². The first-order chi connectivity index (χ1) is 17.0. The number of piperidine rings is 1. The maximum absolute atomic E-state index is 13.7. The van der Waals surface area contributed by atoms with Crippen LogP contribution in [0.15, 0.2) is 48.8 Å². The van der Waals surface area contributed by atoms with E-state index in [4.69, 9.17) is 4.98 Å². The van der Waals surface area contributed by atoms with Crippen molar-refractivity contribution in [1.29, 1.82) is 0 Å². The molecule has 3 aromatic heterocycles.